The molecule has 0 bridgehead atoms. The van der Waals surface area contributed by atoms with Crippen LogP contribution in [0.4, 0.5) is 33.2 Å². The highest BCUT2D eigenvalue weighted by Crippen LogP contribution is 2.28. The normalized spacial score (nSPS) is 19.7. The molecule has 0 spiro atoms. The number of hydrogen-bond acceptors (Lipinski definition) is 10. The van der Waals surface area contributed by atoms with E-state index in [9.17, 15) is 14.3 Å². The summed E-state index contributed by atoms with van der Waals surface area (Å²) in [5, 5.41) is 24.0. The second kappa shape index (κ2) is 11.6. The molecule has 1 aliphatic carbocycles. The predicted molar refractivity (Wildman–Crippen MR) is 154 cm³/mol. The molecule has 2 fully saturated rings. The van der Waals surface area contributed by atoms with Crippen LogP contribution < -0.4 is 26.6 Å². The maximum atomic E-state index is 14.2. The van der Waals surface area contributed by atoms with Crippen LogP contribution in [0.1, 0.15) is 49.0 Å². The van der Waals surface area contributed by atoms with E-state index in [-0.39, 0.29) is 29.6 Å². The molecule has 4 aromatic rings. The number of carbonyl (C=O) groups is 1. The van der Waals surface area contributed by atoms with Gasteiger partial charge in [-0.05, 0) is 56.7 Å². The molecule has 1 amide bonds. The number of aromatic nitrogens is 5. The molecule has 1 saturated heterocycles. The molecule has 41 heavy (non-hydrogen) atoms. The van der Waals surface area contributed by atoms with Crippen molar-refractivity contribution in [2.24, 2.45) is 5.73 Å². The molecule has 6 N–H and O–H groups in total. The number of aliphatic hydroxyl groups is 1. The molecule has 0 aromatic carbocycles. The number of pyridine rings is 2. The Morgan fingerprint density at radius 2 is 1.83 bits per heavy atom. The summed E-state index contributed by atoms with van der Waals surface area (Å²) in [6.07, 6.45) is 8.65. The summed E-state index contributed by atoms with van der Waals surface area (Å²) in [7, 11) is 0. The smallest absolute Gasteiger partial charge is 0.276 e. The minimum atomic E-state index is -0.642. The summed E-state index contributed by atoms with van der Waals surface area (Å²) in [4.78, 5) is 28.4. The van der Waals surface area contributed by atoms with Gasteiger partial charge in [0.1, 0.15) is 17.5 Å². The molecule has 214 valence electrons. The van der Waals surface area contributed by atoms with Crippen LogP contribution >= 0.6 is 0 Å². The number of nitrogens with two attached hydrogens (primary N) is 1. The van der Waals surface area contributed by atoms with Crippen molar-refractivity contribution in [2.75, 3.05) is 33.9 Å². The van der Waals surface area contributed by atoms with E-state index in [4.69, 9.17) is 10.7 Å². The van der Waals surface area contributed by atoms with Gasteiger partial charge in [-0.3, -0.25) is 9.78 Å². The molecule has 1 saturated carbocycles. The Hall–Kier alpha value is -4.36. The lowest BCUT2D eigenvalue weighted by atomic mass is 9.92. The average molecular weight is 561 g/mol. The van der Waals surface area contributed by atoms with Crippen LogP contribution in [-0.2, 0) is 0 Å². The van der Waals surface area contributed by atoms with Gasteiger partial charge in [0.05, 0.1) is 29.9 Å². The van der Waals surface area contributed by atoms with Crippen molar-refractivity contribution in [2.45, 2.75) is 56.7 Å². The van der Waals surface area contributed by atoms with Gasteiger partial charge in [-0.15, -0.1) is 5.10 Å². The molecule has 4 aromatic heterocycles. The molecule has 1 aliphatic heterocycles. The summed E-state index contributed by atoms with van der Waals surface area (Å²) in [6, 6.07) is 9.37. The maximum Gasteiger partial charge on any atom is 0.276 e. The Kier molecular flexibility index (Phi) is 7.61. The van der Waals surface area contributed by atoms with Crippen LogP contribution in [0.25, 0.3) is 5.65 Å². The summed E-state index contributed by atoms with van der Waals surface area (Å²) >= 11 is 0. The SMILES string of the molecule is N[C@H]1CC[C@H](Nc2cc(Nc3cccc(N4CCC(O)CC4)n3)c3ncc(C(=O)Nc4ccncc4F)n3n2)CC1. The third-order valence-corrected chi connectivity index (χ3v) is 7.63. The van der Waals surface area contributed by atoms with E-state index in [0.29, 0.717) is 35.8 Å². The standard InChI is InChI=1S/C28H33FN10O2/c29-20-15-31-11-8-21(20)35-28(41)23-16-32-27-22(14-25(37-39(23)27)33-18-6-4-17(30)5-7-18)34-24-2-1-3-26(36-24)38-12-9-19(40)10-13-38/h1-3,8,11,14-19,40H,4-7,9-10,12-13,30H2,(H,33,37)(H,34,36)(H,31,35,41)/t17-,18-. The fourth-order valence-corrected chi connectivity index (χ4v) is 5.32. The van der Waals surface area contributed by atoms with Gasteiger partial charge in [-0.25, -0.2) is 18.9 Å². The Morgan fingerprint density at radius 3 is 2.61 bits per heavy atom. The second-order valence-corrected chi connectivity index (χ2v) is 10.6. The number of carbonyl (C=O) groups excluding carboxylic acids is 1. The molecule has 0 radical (unpaired) electrons. The van der Waals surface area contributed by atoms with Crippen molar-refractivity contribution >= 4 is 40.4 Å². The van der Waals surface area contributed by atoms with E-state index < -0.39 is 11.7 Å². The molecule has 6 rings (SSSR count). The second-order valence-electron chi connectivity index (χ2n) is 10.6. The lowest BCUT2D eigenvalue weighted by Gasteiger charge is -2.30. The topological polar surface area (TPSA) is 159 Å². The van der Waals surface area contributed by atoms with E-state index in [0.717, 1.165) is 50.8 Å². The first-order valence-corrected chi connectivity index (χ1v) is 13.9. The van der Waals surface area contributed by atoms with Crippen LogP contribution in [0, 0.1) is 5.82 Å². The first-order chi connectivity index (χ1) is 19.9. The lowest BCUT2D eigenvalue weighted by Crippen LogP contribution is -2.36. The van der Waals surface area contributed by atoms with Gasteiger partial charge in [0, 0.05) is 37.4 Å². The van der Waals surface area contributed by atoms with Gasteiger partial charge in [0.25, 0.3) is 5.91 Å². The van der Waals surface area contributed by atoms with Gasteiger partial charge in [-0.2, -0.15) is 0 Å². The number of amides is 1. The number of nitrogens with zero attached hydrogens (tertiary/aromatic N) is 6. The third-order valence-electron chi connectivity index (χ3n) is 7.63. The number of halogens is 1. The van der Waals surface area contributed by atoms with Crippen LogP contribution in [0.3, 0.4) is 0 Å². The van der Waals surface area contributed by atoms with Gasteiger partial charge in [-0.1, -0.05) is 6.07 Å². The van der Waals surface area contributed by atoms with E-state index in [1.807, 2.05) is 24.3 Å². The summed E-state index contributed by atoms with van der Waals surface area (Å²) in [5.74, 6) is 0.769. The van der Waals surface area contributed by atoms with E-state index in [1.165, 1.54) is 23.0 Å². The number of nitrogens with one attached hydrogen (secondary N) is 3. The van der Waals surface area contributed by atoms with Crippen LogP contribution in [0.2, 0.25) is 0 Å². The molecular formula is C28H33FN10O2. The minimum absolute atomic E-state index is 0.0115. The van der Waals surface area contributed by atoms with Crippen molar-refractivity contribution in [1.82, 2.24) is 24.6 Å². The molecule has 0 unspecified atom stereocenters. The molecule has 2 aliphatic rings. The van der Waals surface area contributed by atoms with E-state index in [1.54, 1.807) is 0 Å². The first kappa shape index (κ1) is 26.8. The molecular weight excluding hydrogens is 527 g/mol. The Labute approximate surface area is 236 Å². The molecule has 5 heterocycles. The van der Waals surface area contributed by atoms with Crippen molar-refractivity contribution in [3.63, 3.8) is 0 Å². The highest BCUT2D eigenvalue weighted by molar-refractivity contribution is 6.03. The first-order valence-electron chi connectivity index (χ1n) is 13.9. The van der Waals surface area contributed by atoms with Crippen molar-refractivity contribution in [1.29, 1.82) is 0 Å². The maximum absolute atomic E-state index is 14.2. The number of aliphatic hydroxyl groups excluding tert-OH is 1. The van der Waals surface area contributed by atoms with Gasteiger partial charge >= 0.3 is 0 Å². The zero-order chi connectivity index (χ0) is 28.3. The molecule has 12 nitrogen and oxygen atoms in total. The van der Waals surface area contributed by atoms with Crippen LogP contribution in [0.5, 0.6) is 0 Å². The minimum Gasteiger partial charge on any atom is -0.393 e. The average Bonchev–Trinajstić information content (AvgIpc) is 3.41. The highest BCUT2D eigenvalue weighted by Gasteiger charge is 2.23. The van der Waals surface area contributed by atoms with Gasteiger partial charge in [0.2, 0.25) is 0 Å². The zero-order valence-electron chi connectivity index (χ0n) is 22.5. The largest absolute Gasteiger partial charge is 0.393 e. The number of fused-ring (bicyclic) bond motifs is 1. The Balaban J connectivity index is 1.32. The molecule has 13 heteroatoms. The number of hydrogen-bond donors (Lipinski definition) is 5. The number of rotatable bonds is 7. The summed E-state index contributed by atoms with van der Waals surface area (Å²) in [6.45, 7) is 1.46. The zero-order valence-corrected chi connectivity index (χ0v) is 22.5. The van der Waals surface area contributed by atoms with Gasteiger partial charge < -0.3 is 31.7 Å². The van der Waals surface area contributed by atoms with Crippen LogP contribution in [-0.4, -0.2) is 66.9 Å². The van der Waals surface area contributed by atoms with E-state index >= 15 is 0 Å². The van der Waals surface area contributed by atoms with E-state index in [2.05, 4.69) is 35.9 Å². The fraction of sp³-hybridized carbons (Fsp3) is 0.393. The fourth-order valence-electron chi connectivity index (χ4n) is 5.32. The van der Waals surface area contributed by atoms with Gasteiger partial charge in [0.15, 0.2) is 17.2 Å². The lowest BCUT2D eigenvalue weighted by molar-refractivity contribution is 0.102. The monoisotopic (exact) mass is 560 g/mol. The third kappa shape index (κ3) is 6.05. The Bertz CT molecular complexity index is 1530. The van der Waals surface area contributed by atoms with Crippen molar-refractivity contribution in [3.8, 4) is 0 Å². The Morgan fingerprint density at radius 1 is 1.02 bits per heavy atom. The molecule has 0 atom stereocenters. The number of imidazole rings is 1. The predicted octanol–water partition coefficient (Wildman–Crippen LogP) is 3.30. The number of piperidine rings is 1. The number of anilines is 5. The summed E-state index contributed by atoms with van der Waals surface area (Å²) < 4.78 is 15.6. The quantitative estimate of drug-likeness (QED) is 0.227. The summed E-state index contributed by atoms with van der Waals surface area (Å²) in [5.41, 5.74) is 7.26. The highest BCUT2D eigenvalue weighted by atomic mass is 19.1. The van der Waals surface area contributed by atoms with Crippen molar-refractivity contribution < 1.29 is 14.3 Å². The van der Waals surface area contributed by atoms with Crippen LogP contribution in [0.15, 0.2) is 48.9 Å². The van der Waals surface area contributed by atoms with Crippen molar-refractivity contribution in [3.05, 3.63) is 60.4 Å².